The summed E-state index contributed by atoms with van der Waals surface area (Å²) in [5, 5.41) is 2.01. The predicted octanol–water partition coefficient (Wildman–Crippen LogP) is 3.59. The first-order chi connectivity index (χ1) is 14.0. The molecule has 0 saturated carbocycles. The van der Waals surface area contributed by atoms with E-state index in [4.69, 9.17) is 0 Å². The predicted molar refractivity (Wildman–Crippen MR) is 104 cm³/mol. The Hall–Kier alpha value is -2.58. The van der Waals surface area contributed by atoms with Crippen LogP contribution >= 0.6 is 0 Å². The number of nitrogens with zero attached hydrogens (tertiary/aromatic N) is 1. The molecule has 1 aliphatic heterocycles. The number of ketones is 1. The van der Waals surface area contributed by atoms with Gasteiger partial charge in [-0.1, -0.05) is 38.1 Å². The van der Waals surface area contributed by atoms with E-state index in [0.717, 1.165) is 6.42 Å². The van der Waals surface area contributed by atoms with Crippen molar-refractivity contribution in [2.75, 3.05) is 26.2 Å². The fraction of sp³-hybridized carbons (Fsp3) is 0.571. The van der Waals surface area contributed by atoms with Gasteiger partial charge in [-0.05, 0) is 30.7 Å². The molecule has 0 radical (unpaired) electrons. The zero-order valence-corrected chi connectivity index (χ0v) is 17.1. The molecule has 0 aliphatic carbocycles. The van der Waals surface area contributed by atoms with Crippen LogP contribution < -0.4 is 5.32 Å². The van der Waals surface area contributed by atoms with E-state index < -0.39 is 31.3 Å². The van der Waals surface area contributed by atoms with Gasteiger partial charge in [-0.3, -0.25) is 9.59 Å². The third-order valence-corrected chi connectivity index (χ3v) is 4.85. The largest absolute Gasteiger partial charge is 0.440 e. The number of hydrogen-bond donors (Lipinski definition) is 1. The zero-order valence-electron chi connectivity index (χ0n) is 17.1. The average molecular weight is 428 g/mol. The number of piperidine rings is 1. The molecule has 0 aromatic heterocycles. The maximum atomic E-state index is 12.7. The van der Waals surface area contributed by atoms with Crippen molar-refractivity contribution in [3.8, 4) is 0 Å². The number of ether oxygens (including phenoxy) is 1. The summed E-state index contributed by atoms with van der Waals surface area (Å²) in [4.78, 5) is 37.5. The molecule has 0 unspecified atom stereocenters. The smallest absolute Gasteiger partial charge is 0.422 e. The van der Waals surface area contributed by atoms with Gasteiger partial charge in [-0.2, -0.15) is 13.2 Å². The van der Waals surface area contributed by atoms with Crippen LogP contribution in [0.2, 0.25) is 0 Å². The number of halogens is 3. The number of rotatable bonds is 7. The van der Waals surface area contributed by atoms with Gasteiger partial charge in [0.1, 0.15) is 6.54 Å². The van der Waals surface area contributed by atoms with Crippen LogP contribution in [-0.4, -0.2) is 55.1 Å². The molecule has 30 heavy (non-hydrogen) atoms. The lowest BCUT2D eigenvalue weighted by molar-refractivity contribution is -0.160. The second kappa shape index (κ2) is 10.4. The number of nitrogens with one attached hydrogen (secondary N) is 1. The Morgan fingerprint density at radius 3 is 2.27 bits per heavy atom. The highest BCUT2D eigenvalue weighted by Crippen LogP contribution is 2.22. The molecule has 166 valence electrons. The summed E-state index contributed by atoms with van der Waals surface area (Å²) in [5.74, 6) is -0.0287. The second-order valence-electron chi connectivity index (χ2n) is 7.86. The highest BCUT2D eigenvalue weighted by atomic mass is 19.4. The Morgan fingerprint density at radius 1 is 1.13 bits per heavy atom. The monoisotopic (exact) mass is 428 g/mol. The third kappa shape index (κ3) is 7.68. The Morgan fingerprint density at radius 2 is 1.73 bits per heavy atom. The number of benzene rings is 1. The maximum Gasteiger partial charge on any atom is 0.422 e. The van der Waals surface area contributed by atoms with Crippen LogP contribution in [0.3, 0.4) is 0 Å². The van der Waals surface area contributed by atoms with E-state index in [0.29, 0.717) is 37.4 Å². The number of alkyl carbamates (subject to hydrolysis) is 1. The van der Waals surface area contributed by atoms with E-state index >= 15 is 0 Å². The molecule has 0 bridgehead atoms. The number of alkyl halides is 3. The standard InChI is InChI=1S/C21H27F3N2O4/c1-14(2)11-15-3-5-16(6-4-15)19(28)17-7-9-26(10-8-17)18(27)12-25-20(29)30-13-21(22,23)24/h3-6,14,17H,7-13H2,1-2H3,(H,25,29). The summed E-state index contributed by atoms with van der Waals surface area (Å²) in [6, 6.07) is 7.62. The molecular formula is C21H27F3N2O4. The van der Waals surface area contributed by atoms with Crippen molar-refractivity contribution >= 4 is 17.8 Å². The first-order valence-corrected chi connectivity index (χ1v) is 9.93. The highest BCUT2D eigenvalue weighted by molar-refractivity contribution is 5.98. The number of likely N-dealkylation sites (tertiary alicyclic amines) is 1. The summed E-state index contributed by atoms with van der Waals surface area (Å²) in [6.45, 7) is 2.80. The van der Waals surface area contributed by atoms with Gasteiger partial charge in [0, 0.05) is 24.6 Å². The van der Waals surface area contributed by atoms with Crippen molar-refractivity contribution in [2.24, 2.45) is 11.8 Å². The zero-order chi connectivity index (χ0) is 22.3. The maximum absolute atomic E-state index is 12.7. The summed E-state index contributed by atoms with van der Waals surface area (Å²) >= 11 is 0. The van der Waals surface area contributed by atoms with Crippen LogP contribution in [0, 0.1) is 11.8 Å². The molecule has 1 aromatic carbocycles. The minimum atomic E-state index is -4.62. The normalized spacial score (nSPS) is 15.2. The molecule has 1 fully saturated rings. The highest BCUT2D eigenvalue weighted by Gasteiger charge is 2.30. The number of carbonyl (C=O) groups excluding carboxylic acids is 3. The van der Waals surface area contributed by atoms with Crippen LogP contribution in [0.5, 0.6) is 0 Å². The van der Waals surface area contributed by atoms with E-state index in [1.165, 1.54) is 10.5 Å². The van der Waals surface area contributed by atoms with Crippen molar-refractivity contribution < 1.29 is 32.3 Å². The molecule has 1 N–H and O–H groups in total. The van der Waals surface area contributed by atoms with Crippen molar-refractivity contribution in [1.29, 1.82) is 0 Å². The summed E-state index contributed by atoms with van der Waals surface area (Å²) in [5.41, 5.74) is 1.84. The van der Waals surface area contributed by atoms with Gasteiger partial charge in [0.25, 0.3) is 0 Å². The molecule has 1 saturated heterocycles. The van der Waals surface area contributed by atoms with Crippen molar-refractivity contribution in [3.05, 3.63) is 35.4 Å². The fourth-order valence-corrected chi connectivity index (χ4v) is 3.36. The Bertz CT molecular complexity index is 740. The molecule has 1 aromatic rings. The molecule has 2 amide bonds. The van der Waals surface area contributed by atoms with E-state index in [9.17, 15) is 27.6 Å². The first-order valence-electron chi connectivity index (χ1n) is 9.93. The Labute approximate surface area is 173 Å². The number of amides is 2. The van der Waals surface area contributed by atoms with Crippen molar-refractivity contribution in [2.45, 2.75) is 39.3 Å². The molecule has 1 heterocycles. The molecular weight excluding hydrogens is 401 g/mol. The molecule has 1 aliphatic rings. The van der Waals surface area contributed by atoms with Gasteiger partial charge in [0.15, 0.2) is 12.4 Å². The van der Waals surface area contributed by atoms with Crippen LogP contribution in [0.4, 0.5) is 18.0 Å². The average Bonchev–Trinajstić information content (AvgIpc) is 2.69. The van der Waals surface area contributed by atoms with Gasteiger partial charge in [0.05, 0.1) is 0 Å². The molecule has 0 spiro atoms. The van der Waals surface area contributed by atoms with Gasteiger partial charge in [-0.25, -0.2) is 4.79 Å². The van der Waals surface area contributed by atoms with Crippen LogP contribution in [0.15, 0.2) is 24.3 Å². The van der Waals surface area contributed by atoms with Crippen LogP contribution in [0.25, 0.3) is 0 Å². The minimum absolute atomic E-state index is 0.0482. The van der Waals surface area contributed by atoms with E-state index in [1.54, 1.807) is 0 Å². The second-order valence-corrected chi connectivity index (χ2v) is 7.86. The van der Waals surface area contributed by atoms with Gasteiger partial charge in [-0.15, -0.1) is 0 Å². The molecule has 2 rings (SSSR count). The lowest BCUT2D eigenvalue weighted by atomic mass is 9.88. The quantitative estimate of drug-likeness (QED) is 0.674. The molecule has 9 heteroatoms. The number of hydrogen-bond acceptors (Lipinski definition) is 4. The van der Waals surface area contributed by atoms with Gasteiger partial charge < -0.3 is 15.0 Å². The fourth-order valence-electron chi connectivity index (χ4n) is 3.36. The van der Waals surface area contributed by atoms with Crippen molar-refractivity contribution in [1.82, 2.24) is 10.2 Å². The van der Waals surface area contributed by atoms with Gasteiger partial charge >= 0.3 is 12.3 Å². The Kier molecular flexibility index (Phi) is 8.25. The first kappa shape index (κ1) is 23.7. The number of carbonyl (C=O) groups is 3. The minimum Gasteiger partial charge on any atom is -0.440 e. The lowest BCUT2D eigenvalue weighted by Gasteiger charge is -2.31. The third-order valence-electron chi connectivity index (χ3n) is 4.85. The van der Waals surface area contributed by atoms with E-state index in [2.05, 4.69) is 18.6 Å². The van der Waals surface area contributed by atoms with Crippen molar-refractivity contribution in [3.63, 3.8) is 0 Å². The summed E-state index contributed by atoms with van der Waals surface area (Å²) in [7, 11) is 0. The number of Topliss-reactive ketones (excluding diaryl/α,β-unsaturated/α-hetero) is 1. The van der Waals surface area contributed by atoms with Crippen LogP contribution in [0.1, 0.15) is 42.6 Å². The Balaban J connectivity index is 1.76. The van der Waals surface area contributed by atoms with Gasteiger partial charge in [0.2, 0.25) is 5.91 Å². The lowest BCUT2D eigenvalue weighted by Crippen LogP contribution is -2.45. The molecule has 0 atom stereocenters. The topological polar surface area (TPSA) is 75.7 Å². The van der Waals surface area contributed by atoms with E-state index in [1.807, 2.05) is 29.6 Å². The van der Waals surface area contributed by atoms with Crippen LogP contribution in [-0.2, 0) is 16.0 Å². The van der Waals surface area contributed by atoms with E-state index in [-0.39, 0.29) is 11.7 Å². The summed E-state index contributed by atoms with van der Waals surface area (Å²) < 4.78 is 40.0. The summed E-state index contributed by atoms with van der Waals surface area (Å²) in [6.07, 6.45) is -3.98. The molecule has 6 nitrogen and oxygen atoms in total. The SMILES string of the molecule is CC(C)Cc1ccc(C(=O)C2CCN(C(=O)CNC(=O)OCC(F)(F)F)CC2)cc1.